The second-order valence-corrected chi connectivity index (χ2v) is 9.46. The molecule has 1 saturated heterocycles. The van der Waals surface area contributed by atoms with E-state index in [-0.39, 0.29) is 17.9 Å². The minimum atomic E-state index is -0.899. The van der Waals surface area contributed by atoms with Gasteiger partial charge in [0.1, 0.15) is 17.3 Å². The van der Waals surface area contributed by atoms with Crippen LogP contribution in [-0.4, -0.2) is 56.7 Å². The zero-order chi connectivity index (χ0) is 27.4. The van der Waals surface area contributed by atoms with Crippen molar-refractivity contribution in [2.75, 3.05) is 35.0 Å². The zero-order valence-corrected chi connectivity index (χ0v) is 23.1. The van der Waals surface area contributed by atoms with E-state index in [0.717, 1.165) is 10.0 Å². The number of ether oxygens (including phenoxy) is 4. The maximum absolute atomic E-state index is 13.4. The van der Waals surface area contributed by atoms with Crippen LogP contribution in [0.1, 0.15) is 22.7 Å². The van der Waals surface area contributed by atoms with Crippen molar-refractivity contribution in [1.82, 2.24) is 4.90 Å². The molecule has 0 aliphatic carbocycles. The van der Waals surface area contributed by atoms with Gasteiger partial charge >= 0.3 is 0 Å². The van der Waals surface area contributed by atoms with Gasteiger partial charge in [-0.15, -0.1) is 0 Å². The molecule has 0 bridgehead atoms. The van der Waals surface area contributed by atoms with E-state index < -0.39 is 17.7 Å². The number of hydrogen-bond donors (Lipinski definition) is 1. The highest BCUT2D eigenvalue weighted by Gasteiger charge is 2.47. The molecule has 1 atom stereocenters. The van der Waals surface area contributed by atoms with Gasteiger partial charge in [0.05, 0.1) is 40.1 Å². The van der Waals surface area contributed by atoms with Crippen molar-refractivity contribution in [3.63, 3.8) is 0 Å². The Hall–Kier alpha value is -3.98. The highest BCUT2D eigenvalue weighted by molar-refractivity contribution is 9.10. The Kier molecular flexibility index (Phi) is 8.26. The molecule has 1 unspecified atom stereocenters. The Bertz CT molecular complexity index is 1380. The van der Waals surface area contributed by atoms with Gasteiger partial charge < -0.3 is 29.0 Å². The average Bonchev–Trinajstić information content (AvgIpc) is 3.20. The molecule has 0 aromatic heterocycles. The lowest BCUT2D eigenvalue weighted by atomic mass is 9.94. The minimum absolute atomic E-state index is 0.0174. The summed E-state index contributed by atoms with van der Waals surface area (Å²) >= 11 is 3.38. The van der Waals surface area contributed by atoms with Crippen LogP contribution in [0.5, 0.6) is 23.0 Å². The minimum Gasteiger partial charge on any atom is -0.507 e. The standard InChI is InChI=1S/C29H28BrNO7/c1-35-20-10-12-22(36-2)21(16-20)26-25(27(32)18-6-8-19(30)9-7-18)28(33)29(34)31(26)14-13-17-5-11-23(37-3)24(15-17)38-4/h5-12,15-16,26,32H,13-14H2,1-4H3. The summed E-state index contributed by atoms with van der Waals surface area (Å²) in [5, 5.41) is 11.3. The molecule has 1 amide bonds. The van der Waals surface area contributed by atoms with Crippen molar-refractivity contribution in [2.24, 2.45) is 0 Å². The number of aliphatic hydroxyl groups is 1. The van der Waals surface area contributed by atoms with Gasteiger partial charge in [0.2, 0.25) is 0 Å². The smallest absolute Gasteiger partial charge is 0.295 e. The molecule has 198 valence electrons. The van der Waals surface area contributed by atoms with Gasteiger partial charge in [0.25, 0.3) is 11.7 Å². The molecular weight excluding hydrogens is 554 g/mol. The van der Waals surface area contributed by atoms with E-state index >= 15 is 0 Å². The number of ketones is 1. The van der Waals surface area contributed by atoms with Crippen LogP contribution in [-0.2, 0) is 16.0 Å². The maximum Gasteiger partial charge on any atom is 0.295 e. The van der Waals surface area contributed by atoms with Crippen molar-refractivity contribution in [3.8, 4) is 23.0 Å². The summed E-state index contributed by atoms with van der Waals surface area (Å²) in [7, 11) is 6.15. The van der Waals surface area contributed by atoms with Gasteiger partial charge in [-0.1, -0.05) is 34.1 Å². The fourth-order valence-corrected chi connectivity index (χ4v) is 4.80. The summed E-state index contributed by atoms with van der Waals surface area (Å²) < 4.78 is 22.6. The van der Waals surface area contributed by atoms with Gasteiger partial charge in [-0.2, -0.15) is 0 Å². The molecule has 0 radical (unpaired) electrons. The number of Topliss-reactive ketones (excluding diaryl/α,β-unsaturated/α-hetero) is 1. The lowest BCUT2D eigenvalue weighted by Gasteiger charge is -2.27. The summed E-state index contributed by atoms with van der Waals surface area (Å²) in [5.74, 6) is 0.386. The number of hydrogen-bond acceptors (Lipinski definition) is 7. The molecule has 1 N–H and O–H groups in total. The molecule has 1 fully saturated rings. The van der Waals surface area contributed by atoms with E-state index in [0.29, 0.717) is 40.5 Å². The Morgan fingerprint density at radius 3 is 2.13 bits per heavy atom. The van der Waals surface area contributed by atoms with Gasteiger partial charge in [0, 0.05) is 22.1 Å². The van der Waals surface area contributed by atoms with Crippen LogP contribution < -0.4 is 18.9 Å². The number of carbonyl (C=O) groups is 2. The molecule has 1 aliphatic heterocycles. The maximum atomic E-state index is 13.4. The molecule has 0 spiro atoms. The number of aliphatic hydroxyl groups excluding tert-OH is 1. The fourth-order valence-electron chi connectivity index (χ4n) is 4.54. The average molecular weight is 582 g/mol. The SMILES string of the molecule is COc1ccc(OC)c(C2C(=C(O)c3ccc(Br)cc3)C(=O)C(=O)N2CCc2ccc(OC)c(OC)c2)c1. The molecule has 3 aromatic rings. The Morgan fingerprint density at radius 1 is 0.842 bits per heavy atom. The van der Waals surface area contributed by atoms with Crippen LogP contribution in [0.15, 0.2) is 70.7 Å². The topological polar surface area (TPSA) is 94.5 Å². The molecule has 0 saturated carbocycles. The first-order chi connectivity index (χ1) is 18.3. The van der Waals surface area contributed by atoms with Crippen molar-refractivity contribution in [3.05, 3.63) is 87.4 Å². The van der Waals surface area contributed by atoms with Crippen LogP contribution in [0.2, 0.25) is 0 Å². The highest BCUT2D eigenvalue weighted by atomic mass is 79.9. The normalized spacial score (nSPS) is 16.4. The fraction of sp³-hybridized carbons (Fsp3) is 0.241. The van der Waals surface area contributed by atoms with Crippen molar-refractivity contribution in [2.45, 2.75) is 12.5 Å². The lowest BCUT2D eigenvalue weighted by molar-refractivity contribution is -0.139. The first kappa shape index (κ1) is 27.1. The van der Waals surface area contributed by atoms with Gasteiger partial charge in [-0.3, -0.25) is 9.59 Å². The van der Waals surface area contributed by atoms with E-state index in [2.05, 4.69) is 15.9 Å². The zero-order valence-electron chi connectivity index (χ0n) is 21.5. The molecule has 4 rings (SSSR count). The lowest BCUT2D eigenvalue weighted by Crippen LogP contribution is -2.32. The molecule has 9 heteroatoms. The summed E-state index contributed by atoms with van der Waals surface area (Å²) in [4.78, 5) is 28.3. The molecule has 8 nitrogen and oxygen atoms in total. The second-order valence-electron chi connectivity index (χ2n) is 8.55. The van der Waals surface area contributed by atoms with E-state index in [1.807, 2.05) is 12.1 Å². The quantitative estimate of drug-likeness (QED) is 0.212. The summed E-state index contributed by atoms with van der Waals surface area (Å²) in [6.45, 7) is 0.197. The Balaban J connectivity index is 1.82. The number of rotatable bonds is 9. The Morgan fingerprint density at radius 2 is 1.50 bits per heavy atom. The van der Waals surface area contributed by atoms with E-state index in [1.54, 1.807) is 62.8 Å². The van der Waals surface area contributed by atoms with E-state index in [4.69, 9.17) is 18.9 Å². The number of halogens is 1. The van der Waals surface area contributed by atoms with Crippen molar-refractivity contribution >= 4 is 33.4 Å². The number of methoxy groups -OCH3 is 4. The Labute approximate surface area is 229 Å². The van der Waals surface area contributed by atoms with Crippen LogP contribution in [0.4, 0.5) is 0 Å². The number of benzene rings is 3. The van der Waals surface area contributed by atoms with Crippen LogP contribution in [0, 0.1) is 0 Å². The second kappa shape index (κ2) is 11.6. The van der Waals surface area contributed by atoms with Gasteiger partial charge in [-0.25, -0.2) is 0 Å². The number of carbonyl (C=O) groups excluding carboxylic acids is 2. The molecule has 1 aliphatic rings. The summed E-state index contributed by atoms with van der Waals surface area (Å²) in [5.41, 5.74) is 1.81. The summed E-state index contributed by atoms with van der Waals surface area (Å²) in [6.07, 6.45) is 0.425. The molecular formula is C29H28BrNO7. The molecule has 1 heterocycles. The van der Waals surface area contributed by atoms with Crippen molar-refractivity contribution in [1.29, 1.82) is 0 Å². The monoisotopic (exact) mass is 581 g/mol. The third-order valence-electron chi connectivity index (χ3n) is 6.48. The first-order valence-electron chi connectivity index (χ1n) is 11.8. The third kappa shape index (κ3) is 5.19. The largest absolute Gasteiger partial charge is 0.507 e. The highest BCUT2D eigenvalue weighted by Crippen LogP contribution is 2.44. The van der Waals surface area contributed by atoms with E-state index in [1.165, 1.54) is 19.1 Å². The number of amides is 1. The molecule has 38 heavy (non-hydrogen) atoms. The van der Waals surface area contributed by atoms with Crippen molar-refractivity contribution < 1.29 is 33.6 Å². The predicted molar refractivity (Wildman–Crippen MR) is 146 cm³/mol. The number of likely N-dealkylation sites (tertiary alicyclic amines) is 1. The van der Waals surface area contributed by atoms with Crippen LogP contribution in [0.3, 0.4) is 0 Å². The van der Waals surface area contributed by atoms with Crippen LogP contribution in [0.25, 0.3) is 5.76 Å². The van der Waals surface area contributed by atoms with Gasteiger partial charge in [0.15, 0.2) is 11.5 Å². The first-order valence-corrected chi connectivity index (χ1v) is 12.6. The van der Waals surface area contributed by atoms with Gasteiger partial charge in [-0.05, 0) is 54.4 Å². The third-order valence-corrected chi connectivity index (χ3v) is 7.01. The van der Waals surface area contributed by atoms with Crippen LogP contribution >= 0.6 is 15.9 Å². The number of nitrogens with zero attached hydrogens (tertiary/aromatic N) is 1. The predicted octanol–water partition coefficient (Wildman–Crippen LogP) is 5.15. The summed E-state index contributed by atoms with van der Waals surface area (Å²) in [6, 6.07) is 16.6. The molecule has 3 aromatic carbocycles. The van der Waals surface area contributed by atoms with E-state index in [9.17, 15) is 14.7 Å².